The molecule has 8 aromatic rings. The largest absolute Gasteiger partial charge is 0.0622 e. The van der Waals surface area contributed by atoms with Gasteiger partial charge in [0.15, 0.2) is 0 Å². The van der Waals surface area contributed by atoms with Crippen LogP contribution in [0.3, 0.4) is 0 Å². The Bertz CT molecular complexity index is 2220. The molecule has 0 unspecified atom stereocenters. The highest BCUT2D eigenvalue weighted by Crippen LogP contribution is 2.42. The predicted molar refractivity (Wildman–Crippen MR) is 181 cm³/mol. The molecule has 0 atom stereocenters. The molecule has 0 radical (unpaired) electrons. The summed E-state index contributed by atoms with van der Waals surface area (Å²) in [4.78, 5) is 0. The normalized spacial score (nSPS) is 11.3. The summed E-state index contributed by atoms with van der Waals surface area (Å²) in [6, 6.07) is 61.7. The molecule has 0 heteroatoms. The van der Waals surface area contributed by atoms with E-state index in [0.717, 1.165) is 0 Å². The number of benzene rings is 8. The molecule has 0 nitrogen and oxygen atoms in total. The quantitative estimate of drug-likeness (QED) is 0.198. The zero-order valence-corrected chi connectivity index (χ0v) is 23.2. The smallest absolute Gasteiger partial charge is 0.00259 e. The molecule has 0 aliphatic heterocycles. The van der Waals surface area contributed by atoms with E-state index < -0.39 is 0 Å². The summed E-state index contributed by atoms with van der Waals surface area (Å²) in [5.41, 5.74) is 9.90. The molecule has 196 valence electrons. The summed E-state index contributed by atoms with van der Waals surface area (Å²) in [5, 5.41) is 7.72. The number of rotatable bonds is 4. The van der Waals surface area contributed by atoms with E-state index in [4.69, 9.17) is 0 Å². The summed E-state index contributed by atoms with van der Waals surface area (Å²) < 4.78 is 0. The molecular formula is C42H28. The number of hydrogen-bond donors (Lipinski definition) is 0. The molecule has 0 amide bonds. The SMILES string of the molecule is c1ccc(-c2cccc(-c3cccc(-c4cc5cc(-c6ccccc6)c6ccccc6c5c5ccccc45)c3)c2)cc1. The highest BCUT2D eigenvalue weighted by atomic mass is 14.2. The van der Waals surface area contributed by atoms with Gasteiger partial charge < -0.3 is 0 Å². The van der Waals surface area contributed by atoms with Gasteiger partial charge in [0, 0.05) is 0 Å². The second kappa shape index (κ2) is 10.2. The average Bonchev–Trinajstić information content (AvgIpc) is 3.08. The van der Waals surface area contributed by atoms with Crippen molar-refractivity contribution in [2.75, 3.05) is 0 Å². The lowest BCUT2D eigenvalue weighted by Gasteiger charge is -2.16. The van der Waals surface area contributed by atoms with Crippen LogP contribution in [0.4, 0.5) is 0 Å². The Hall–Kier alpha value is -5.46. The standard InChI is InChI=1S/C42H28/c1-3-13-29(14-4-1)31-17-11-18-32(25-31)33-19-12-20-34(26-33)41-28-35-27-40(30-15-5-2-6-16-30)36-21-7-9-23-38(36)42(35)39-24-10-8-22-37(39)41/h1-28H. The first kappa shape index (κ1) is 24.3. The van der Waals surface area contributed by atoms with Crippen LogP contribution in [0.25, 0.3) is 76.8 Å². The van der Waals surface area contributed by atoms with E-state index in [-0.39, 0.29) is 0 Å². The van der Waals surface area contributed by atoms with E-state index in [1.54, 1.807) is 0 Å². The van der Waals surface area contributed by atoms with Gasteiger partial charge in [-0.25, -0.2) is 0 Å². The maximum Gasteiger partial charge on any atom is -0.00259 e. The molecule has 0 spiro atoms. The molecule has 0 fully saturated rings. The van der Waals surface area contributed by atoms with Crippen LogP contribution in [0.15, 0.2) is 170 Å². The molecule has 0 heterocycles. The maximum atomic E-state index is 2.40. The van der Waals surface area contributed by atoms with Crippen molar-refractivity contribution in [2.45, 2.75) is 0 Å². The molecule has 8 aromatic carbocycles. The molecule has 0 saturated carbocycles. The van der Waals surface area contributed by atoms with Crippen LogP contribution in [-0.2, 0) is 0 Å². The van der Waals surface area contributed by atoms with Crippen molar-refractivity contribution in [2.24, 2.45) is 0 Å². The average molecular weight is 533 g/mol. The van der Waals surface area contributed by atoms with Crippen molar-refractivity contribution in [1.82, 2.24) is 0 Å². The molecule has 0 saturated heterocycles. The number of fused-ring (bicyclic) bond motifs is 5. The van der Waals surface area contributed by atoms with Crippen LogP contribution in [0.2, 0.25) is 0 Å². The topological polar surface area (TPSA) is 0 Å². The fraction of sp³-hybridized carbons (Fsp3) is 0. The van der Waals surface area contributed by atoms with Crippen LogP contribution in [0.5, 0.6) is 0 Å². The Morgan fingerprint density at radius 2 is 0.619 bits per heavy atom. The minimum absolute atomic E-state index is 1.22. The molecule has 8 rings (SSSR count). The van der Waals surface area contributed by atoms with Crippen LogP contribution < -0.4 is 0 Å². The first-order chi connectivity index (χ1) is 20.8. The lowest BCUT2D eigenvalue weighted by molar-refractivity contribution is 1.58. The van der Waals surface area contributed by atoms with Crippen LogP contribution in [0.1, 0.15) is 0 Å². The van der Waals surface area contributed by atoms with Crippen molar-refractivity contribution in [1.29, 1.82) is 0 Å². The summed E-state index contributed by atoms with van der Waals surface area (Å²) >= 11 is 0. The van der Waals surface area contributed by atoms with E-state index >= 15 is 0 Å². The van der Waals surface area contributed by atoms with Gasteiger partial charge in [0.05, 0.1) is 0 Å². The third kappa shape index (κ3) is 4.17. The van der Waals surface area contributed by atoms with Gasteiger partial charge in [-0.05, 0) is 101 Å². The Morgan fingerprint density at radius 1 is 0.238 bits per heavy atom. The van der Waals surface area contributed by atoms with Gasteiger partial charge >= 0.3 is 0 Å². The maximum absolute atomic E-state index is 2.40. The lowest BCUT2D eigenvalue weighted by atomic mass is 9.87. The Kier molecular flexibility index (Phi) is 5.90. The van der Waals surface area contributed by atoms with Gasteiger partial charge in [0.1, 0.15) is 0 Å². The molecule has 0 aliphatic carbocycles. The zero-order chi connectivity index (χ0) is 27.9. The predicted octanol–water partition coefficient (Wildman–Crippen LogP) is 11.8. The van der Waals surface area contributed by atoms with Crippen molar-refractivity contribution in [3.63, 3.8) is 0 Å². The fourth-order valence-electron chi connectivity index (χ4n) is 6.45. The molecule has 0 N–H and O–H groups in total. The highest BCUT2D eigenvalue weighted by molar-refractivity contribution is 6.25. The Labute approximate surface area is 246 Å². The molecule has 0 aromatic heterocycles. The summed E-state index contributed by atoms with van der Waals surface area (Å²) in [5.74, 6) is 0. The van der Waals surface area contributed by atoms with Crippen LogP contribution >= 0.6 is 0 Å². The second-order valence-electron chi connectivity index (χ2n) is 10.9. The Morgan fingerprint density at radius 3 is 1.19 bits per heavy atom. The zero-order valence-electron chi connectivity index (χ0n) is 23.2. The third-order valence-electron chi connectivity index (χ3n) is 8.42. The monoisotopic (exact) mass is 532 g/mol. The third-order valence-corrected chi connectivity index (χ3v) is 8.42. The first-order valence-electron chi connectivity index (χ1n) is 14.5. The number of hydrogen-bond acceptors (Lipinski definition) is 0. The highest BCUT2D eigenvalue weighted by Gasteiger charge is 2.15. The summed E-state index contributed by atoms with van der Waals surface area (Å²) in [7, 11) is 0. The van der Waals surface area contributed by atoms with Gasteiger partial charge in [0.2, 0.25) is 0 Å². The summed E-state index contributed by atoms with van der Waals surface area (Å²) in [6.07, 6.45) is 0. The van der Waals surface area contributed by atoms with Crippen molar-refractivity contribution in [3.8, 4) is 44.5 Å². The van der Waals surface area contributed by atoms with E-state index in [2.05, 4.69) is 170 Å². The molecular weight excluding hydrogens is 504 g/mol. The van der Waals surface area contributed by atoms with Gasteiger partial charge in [-0.1, -0.05) is 146 Å². The fourth-order valence-corrected chi connectivity index (χ4v) is 6.45. The van der Waals surface area contributed by atoms with Crippen molar-refractivity contribution >= 4 is 32.3 Å². The van der Waals surface area contributed by atoms with Gasteiger partial charge in [0.25, 0.3) is 0 Å². The van der Waals surface area contributed by atoms with E-state index in [1.807, 2.05) is 0 Å². The van der Waals surface area contributed by atoms with Crippen molar-refractivity contribution < 1.29 is 0 Å². The van der Waals surface area contributed by atoms with Gasteiger partial charge in [-0.3, -0.25) is 0 Å². The van der Waals surface area contributed by atoms with Crippen LogP contribution in [0, 0.1) is 0 Å². The first-order valence-corrected chi connectivity index (χ1v) is 14.5. The molecule has 42 heavy (non-hydrogen) atoms. The molecule has 0 bridgehead atoms. The van der Waals surface area contributed by atoms with Gasteiger partial charge in [-0.15, -0.1) is 0 Å². The molecule has 0 aliphatic rings. The minimum Gasteiger partial charge on any atom is -0.0622 e. The van der Waals surface area contributed by atoms with E-state index in [9.17, 15) is 0 Å². The minimum atomic E-state index is 1.22. The Balaban J connectivity index is 1.35. The van der Waals surface area contributed by atoms with E-state index in [0.29, 0.717) is 0 Å². The van der Waals surface area contributed by atoms with Crippen LogP contribution in [-0.4, -0.2) is 0 Å². The lowest BCUT2D eigenvalue weighted by Crippen LogP contribution is -1.89. The summed E-state index contributed by atoms with van der Waals surface area (Å²) in [6.45, 7) is 0. The van der Waals surface area contributed by atoms with E-state index in [1.165, 1.54) is 76.8 Å². The van der Waals surface area contributed by atoms with Crippen molar-refractivity contribution in [3.05, 3.63) is 170 Å². The van der Waals surface area contributed by atoms with Gasteiger partial charge in [-0.2, -0.15) is 0 Å². The second-order valence-corrected chi connectivity index (χ2v) is 10.9.